The number of pyridine rings is 1. The lowest BCUT2D eigenvalue weighted by molar-refractivity contribution is -0.136. The van der Waals surface area contributed by atoms with Crippen molar-refractivity contribution in [2.75, 3.05) is 0 Å². The van der Waals surface area contributed by atoms with Crippen molar-refractivity contribution in [3.8, 4) is 0 Å². The van der Waals surface area contributed by atoms with E-state index in [0.29, 0.717) is 0 Å². The molecule has 3 nitrogen and oxygen atoms in total. The molecule has 1 aromatic rings. The summed E-state index contributed by atoms with van der Waals surface area (Å²) in [6, 6.07) is 0. The number of hydrogen-bond acceptors (Lipinski definition) is 2. The number of nitrogens with zero attached hydrogens (tertiary/aromatic N) is 1. The van der Waals surface area contributed by atoms with E-state index in [1.807, 2.05) is 0 Å². The van der Waals surface area contributed by atoms with Crippen LogP contribution in [0.1, 0.15) is 17.7 Å². The maximum atomic E-state index is 12.4. The van der Waals surface area contributed by atoms with Crippen LogP contribution in [0.5, 0.6) is 0 Å². The summed E-state index contributed by atoms with van der Waals surface area (Å²) in [4.78, 5) is 13.9. The van der Waals surface area contributed by atoms with Gasteiger partial charge in [-0.25, -0.2) is 8.78 Å². The molecule has 0 bridgehead atoms. The third-order valence-electron chi connectivity index (χ3n) is 1.63. The monoisotopic (exact) mass is 299 g/mol. The zero-order valence-corrected chi connectivity index (χ0v) is 9.52. The van der Waals surface area contributed by atoms with Crippen molar-refractivity contribution in [3.63, 3.8) is 0 Å². The van der Waals surface area contributed by atoms with Crippen LogP contribution in [0.25, 0.3) is 0 Å². The Bertz CT molecular complexity index is 400. The van der Waals surface area contributed by atoms with Crippen LogP contribution >= 0.6 is 27.5 Å². The minimum Gasteiger partial charge on any atom is -0.481 e. The van der Waals surface area contributed by atoms with Crippen LogP contribution in [-0.4, -0.2) is 16.1 Å². The van der Waals surface area contributed by atoms with Gasteiger partial charge in [-0.15, -0.1) is 0 Å². The fraction of sp³-hybridized carbons (Fsp3) is 0.250. The second-order valence-corrected chi connectivity index (χ2v) is 3.86. The van der Waals surface area contributed by atoms with Gasteiger partial charge in [0, 0.05) is 6.20 Å². The standard InChI is InChI=1S/C8H5BrClF2NO2/c9-6-3(1-5(14)15)4(10)2-13-7(6)8(11)12/h2,8H,1H2,(H,14,15). The largest absolute Gasteiger partial charge is 0.481 e. The number of alkyl halides is 2. The van der Waals surface area contributed by atoms with E-state index in [2.05, 4.69) is 20.9 Å². The van der Waals surface area contributed by atoms with Gasteiger partial charge in [-0.2, -0.15) is 0 Å². The number of carbonyl (C=O) groups is 1. The van der Waals surface area contributed by atoms with Crippen LogP contribution in [0.3, 0.4) is 0 Å². The van der Waals surface area contributed by atoms with Gasteiger partial charge in [0.05, 0.1) is 15.9 Å². The Morgan fingerprint density at radius 2 is 2.27 bits per heavy atom. The normalized spacial score (nSPS) is 10.7. The third kappa shape index (κ3) is 2.85. The van der Waals surface area contributed by atoms with Crippen LogP contribution in [0.2, 0.25) is 5.02 Å². The molecule has 0 radical (unpaired) electrons. The number of hydrogen-bond donors (Lipinski definition) is 1. The predicted octanol–water partition coefficient (Wildman–Crippen LogP) is 3.06. The Morgan fingerprint density at radius 3 is 2.73 bits per heavy atom. The van der Waals surface area contributed by atoms with Crippen molar-refractivity contribution < 1.29 is 18.7 Å². The highest BCUT2D eigenvalue weighted by molar-refractivity contribution is 9.10. The molecule has 7 heteroatoms. The molecule has 15 heavy (non-hydrogen) atoms. The van der Waals surface area contributed by atoms with E-state index in [1.54, 1.807) is 0 Å². The average molecular weight is 300 g/mol. The minimum atomic E-state index is -2.77. The molecule has 0 saturated carbocycles. The third-order valence-corrected chi connectivity index (χ3v) is 2.84. The van der Waals surface area contributed by atoms with Gasteiger partial charge in [0.15, 0.2) is 0 Å². The van der Waals surface area contributed by atoms with Crippen molar-refractivity contribution in [2.24, 2.45) is 0 Å². The summed E-state index contributed by atoms with van der Waals surface area (Å²) in [6.07, 6.45) is -2.18. The lowest BCUT2D eigenvalue weighted by atomic mass is 10.1. The van der Waals surface area contributed by atoms with E-state index in [-0.39, 0.29) is 15.1 Å². The highest BCUT2D eigenvalue weighted by Gasteiger charge is 2.19. The predicted molar refractivity (Wildman–Crippen MR) is 53.2 cm³/mol. The smallest absolute Gasteiger partial charge is 0.307 e. The number of carboxylic acid groups (broad SMARTS) is 1. The van der Waals surface area contributed by atoms with Crippen molar-refractivity contribution >= 4 is 33.5 Å². The van der Waals surface area contributed by atoms with Gasteiger partial charge in [0.1, 0.15) is 5.69 Å². The molecule has 1 N–H and O–H groups in total. The molecule has 0 unspecified atom stereocenters. The van der Waals surface area contributed by atoms with E-state index in [1.165, 1.54) is 0 Å². The molecular formula is C8H5BrClF2NO2. The Morgan fingerprint density at radius 1 is 1.67 bits per heavy atom. The molecule has 0 spiro atoms. The molecule has 0 saturated heterocycles. The van der Waals surface area contributed by atoms with Crippen LogP contribution in [0.4, 0.5) is 8.78 Å². The van der Waals surface area contributed by atoms with Gasteiger partial charge < -0.3 is 5.11 Å². The summed E-state index contributed by atoms with van der Waals surface area (Å²) < 4.78 is 24.7. The number of aromatic nitrogens is 1. The Labute approximate surface area is 97.2 Å². The van der Waals surface area contributed by atoms with Crippen molar-refractivity contribution in [1.29, 1.82) is 0 Å². The first-order valence-corrected chi connectivity index (χ1v) is 4.93. The fourth-order valence-corrected chi connectivity index (χ4v) is 1.94. The van der Waals surface area contributed by atoms with Gasteiger partial charge in [-0.1, -0.05) is 11.6 Å². The molecule has 1 heterocycles. The summed E-state index contributed by atoms with van der Waals surface area (Å²) in [7, 11) is 0. The van der Waals surface area contributed by atoms with Crippen molar-refractivity contribution in [3.05, 3.63) is 26.9 Å². The van der Waals surface area contributed by atoms with E-state index >= 15 is 0 Å². The molecule has 0 amide bonds. The van der Waals surface area contributed by atoms with Crippen LogP contribution in [0, 0.1) is 0 Å². The van der Waals surface area contributed by atoms with Crippen LogP contribution in [-0.2, 0) is 11.2 Å². The van der Waals surface area contributed by atoms with Crippen LogP contribution in [0.15, 0.2) is 10.7 Å². The highest BCUT2D eigenvalue weighted by atomic mass is 79.9. The van der Waals surface area contributed by atoms with Crippen molar-refractivity contribution in [2.45, 2.75) is 12.8 Å². The van der Waals surface area contributed by atoms with Gasteiger partial charge in [0.2, 0.25) is 0 Å². The topological polar surface area (TPSA) is 50.2 Å². The molecule has 0 aliphatic rings. The lowest BCUT2D eigenvalue weighted by Gasteiger charge is -2.08. The fourth-order valence-electron chi connectivity index (χ4n) is 0.986. The van der Waals surface area contributed by atoms with E-state index < -0.39 is 24.5 Å². The zero-order valence-electron chi connectivity index (χ0n) is 7.18. The summed E-state index contributed by atoms with van der Waals surface area (Å²) in [5.74, 6) is -1.15. The quantitative estimate of drug-likeness (QED) is 0.933. The SMILES string of the molecule is O=C(O)Cc1c(Cl)cnc(C(F)F)c1Br. The molecule has 1 aromatic heterocycles. The second kappa shape index (κ2) is 4.85. The first-order valence-electron chi connectivity index (χ1n) is 3.76. The summed E-state index contributed by atoms with van der Waals surface area (Å²) in [6.45, 7) is 0. The number of rotatable bonds is 3. The Hall–Kier alpha value is -0.750. The minimum absolute atomic E-state index is 0.0487. The summed E-state index contributed by atoms with van der Waals surface area (Å²) in [5, 5.41) is 8.61. The maximum Gasteiger partial charge on any atom is 0.307 e. The van der Waals surface area contributed by atoms with E-state index in [0.717, 1.165) is 6.20 Å². The van der Waals surface area contributed by atoms with E-state index in [4.69, 9.17) is 16.7 Å². The molecule has 1 rings (SSSR count). The van der Waals surface area contributed by atoms with Gasteiger partial charge >= 0.3 is 5.97 Å². The van der Waals surface area contributed by atoms with Gasteiger partial charge in [0.25, 0.3) is 6.43 Å². The van der Waals surface area contributed by atoms with Gasteiger partial charge in [-0.3, -0.25) is 9.78 Å². The molecular weight excluding hydrogens is 295 g/mol. The van der Waals surface area contributed by atoms with E-state index in [9.17, 15) is 13.6 Å². The molecule has 0 fully saturated rings. The van der Waals surface area contributed by atoms with Crippen LogP contribution < -0.4 is 0 Å². The number of carboxylic acids is 1. The zero-order chi connectivity index (χ0) is 11.6. The molecule has 0 atom stereocenters. The number of aliphatic carboxylic acids is 1. The first kappa shape index (κ1) is 12.3. The highest BCUT2D eigenvalue weighted by Crippen LogP contribution is 2.32. The molecule has 0 aliphatic heterocycles. The van der Waals surface area contributed by atoms with Crippen molar-refractivity contribution in [1.82, 2.24) is 4.98 Å². The Kier molecular flexibility index (Phi) is 3.98. The van der Waals surface area contributed by atoms with Gasteiger partial charge in [-0.05, 0) is 21.5 Å². The average Bonchev–Trinajstić information content (AvgIpc) is 2.11. The summed E-state index contributed by atoms with van der Waals surface area (Å²) in [5.41, 5.74) is -0.398. The molecule has 82 valence electrons. The lowest BCUT2D eigenvalue weighted by Crippen LogP contribution is -2.05. The second-order valence-electron chi connectivity index (χ2n) is 2.66. The first-order chi connectivity index (χ1) is 6.93. The molecule has 0 aliphatic carbocycles. The number of halogens is 4. The maximum absolute atomic E-state index is 12.4. The molecule has 0 aromatic carbocycles. The Balaban J connectivity index is 3.23. The summed E-state index contributed by atoms with van der Waals surface area (Å²) >= 11 is 8.52.